The Kier molecular flexibility index (Phi) is 4.19. The average Bonchev–Trinajstić information content (AvgIpc) is 3.48. The lowest BCUT2D eigenvalue weighted by Gasteiger charge is -2.17. The van der Waals surface area contributed by atoms with Crippen molar-refractivity contribution >= 4 is 11.9 Å². The van der Waals surface area contributed by atoms with Crippen LogP contribution >= 0.6 is 0 Å². The number of aromatic hydroxyl groups is 1. The van der Waals surface area contributed by atoms with E-state index in [1.165, 1.54) is 25.7 Å². The number of hydrogen-bond acceptors (Lipinski definition) is 6. The summed E-state index contributed by atoms with van der Waals surface area (Å²) in [6.45, 7) is 4.35. The Balaban J connectivity index is 1.63. The van der Waals surface area contributed by atoms with Crippen LogP contribution in [0.1, 0.15) is 39.5 Å². The van der Waals surface area contributed by atoms with Crippen LogP contribution in [-0.4, -0.2) is 32.1 Å². The van der Waals surface area contributed by atoms with Gasteiger partial charge in [0.25, 0.3) is 0 Å². The minimum absolute atomic E-state index is 0.208. The van der Waals surface area contributed by atoms with Crippen LogP contribution in [0.25, 0.3) is 11.4 Å². The molecule has 1 aromatic heterocycles. The molecule has 2 fully saturated rings. The maximum Gasteiger partial charge on any atom is 0.228 e. The van der Waals surface area contributed by atoms with Crippen LogP contribution in [0.2, 0.25) is 0 Å². The summed E-state index contributed by atoms with van der Waals surface area (Å²) in [6.07, 6.45) is 5.07. The van der Waals surface area contributed by atoms with Crippen LogP contribution < -0.4 is 10.6 Å². The Morgan fingerprint density at radius 2 is 1.48 bits per heavy atom. The van der Waals surface area contributed by atoms with E-state index < -0.39 is 0 Å². The highest BCUT2D eigenvalue weighted by molar-refractivity contribution is 5.60. The van der Waals surface area contributed by atoms with Crippen molar-refractivity contribution in [1.29, 1.82) is 0 Å². The molecule has 1 heterocycles. The van der Waals surface area contributed by atoms with E-state index in [-0.39, 0.29) is 5.75 Å². The second-order valence-electron chi connectivity index (χ2n) is 7.40. The highest BCUT2D eigenvalue weighted by atomic mass is 16.3. The van der Waals surface area contributed by atoms with E-state index in [9.17, 15) is 5.11 Å². The van der Waals surface area contributed by atoms with Crippen LogP contribution in [0.3, 0.4) is 0 Å². The summed E-state index contributed by atoms with van der Waals surface area (Å²) in [5.41, 5.74) is 0.784. The lowest BCUT2D eigenvalue weighted by molar-refractivity contribution is 0.475. The van der Waals surface area contributed by atoms with Gasteiger partial charge in [0.05, 0.1) is 0 Å². The van der Waals surface area contributed by atoms with Gasteiger partial charge < -0.3 is 15.7 Å². The fourth-order valence-corrected chi connectivity index (χ4v) is 3.11. The number of nitrogens with one attached hydrogen (secondary N) is 2. The SMILES string of the molecule is C[C@@H](Nc1nc(N[C@H](C)C2CC2)nc(-c2cccc(O)c2)n1)C1CC1. The Labute approximate surface area is 148 Å². The molecule has 2 atom stereocenters. The molecule has 0 unspecified atom stereocenters. The van der Waals surface area contributed by atoms with Crippen molar-refractivity contribution in [1.82, 2.24) is 15.0 Å². The fraction of sp³-hybridized carbons (Fsp3) is 0.526. The normalized spacial score (nSPS) is 19.3. The van der Waals surface area contributed by atoms with Crippen molar-refractivity contribution in [2.24, 2.45) is 11.8 Å². The summed E-state index contributed by atoms with van der Waals surface area (Å²) >= 11 is 0. The zero-order valence-electron chi connectivity index (χ0n) is 14.7. The number of benzene rings is 1. The van der Waals surface area contributed by atoms with Crippen molar-refractivity contribution in [2.75, 3.05) is 10.6 Å². The monoisotopic (exact) mass is 339 g/mol. The smallest absolute Gasteiger partial charge is 0.228 e. The molecule has 0 spiro atoms. The number of aromatic nitrogens is 3. The second kappa shape index (κ2) is 6.50. The van der Waals surface area contributed by atoms with Gasteiger partial charge in [-0.2, -0.15) is 15.0 Å². The predicted octanol–water partition coefficient (Wildman–Crippen LogP) is 3.67. The lowest BCUT2D eigenvalue weighted by atomic mass is 10.2. The second-order valence-corrected chi connectivity index (χ2v) is 7.40. The van der Waals surface area contributed by atoms with E-state index in [1.54, 1.807) is 18.2 Å². The number of anilines is 2. The summed E-state index contributed by atoms with van der Waals surface area (Å²) in [4.78, 5) is 13.7. The van der Waals surface area contributed by atoms with Crippen LogP contribution in [-0.2, 0) is 0 Å². The minimum Gasteiger partial charge on any atom is -0.508 e. The number of rotatable bonds is 7. The first-order valence-corrected chi connectivity index (χ1v) is 9.17. The van der Waals surface area contributed by atoms with Crippen LogP contribution in [0.15, 0.2) is 24.3 Å². The molecule has 0 radical (unpaired) electrons. The lowest BCUT2D eigenvalue weighted by Crippen LogP contribution is -2.22. The molecule has 0 aliphatic heterocycles. The Morgan fingerprint density at radius 3 is 1.96 bits per heavy atom. The standard InChI is InChI=1S/C19H25N5O/c1-11(13-6-7-13)20-18-22-17(15-4-3-5-16(25)10-15)23-19(24-18)21-12(2)14-8-9-14/h3-5,10-14,25H,6-9H2,1-2H3,(H2,20,21,22,23,24)/t11-,12-/m1/s1. The first-order valence-electron chi connectivity index (χ1n) is 9.17. The first-order chi connectivity index (χ1) is 12.1. The van der Waals surface area contributed by atoms with Gasteiger partial charge in [-0.15, -0.1) is 0 Å². The Hall–Kier alpha value is -2.37. The number of phenols is 1. The molecule has 0 bridgehead atoms. The molecule has 132 valence electrons. The maximum atomic E-state index is 9.76. The van der Waals surface area contributed by atoms with Gasteiger partial charge in [0.2, 0.25) is 11.9 Å². The zero-order valence-corrected chi connectivity index (χ0v) is 14.7. The molecule has 2 aliphatic carbocycles. The van der Waals surface area contributed by atoms with E-state index in [2.05, 4.69) is 39.4 Å². The van der Waals surface area contributed by atoms with Gasteiger partial charge >= 0.3 is 0 Å². The zero-order chi connectivity index (χ0) is 17.4. The molecule has 0 saturated heterocycles. The van der Waals surface area contributed by atoms with E-state index in [4.69, 9.17) is 0 Å². The van der Waals surface area contributed by atoms with Gasteiger partial charge in [0, 0.05) is 17.6 Å². The van der Waals surface area contributed by atoms with Crippen molar-refractivity contribution in [3.05, 3.63) is 24.3 Å². The van der Waals surface area contributed by atoms with Gasteiger partial charge in [-0.1, -0.05) is 12.1 Å². The fourth-order valence-electron chi connectivity index (χ4n) is 3.11. The molecule has 2 aromatic rings. The van der Waals surface area contributed by atoms with Crippen molar-refractivity contribution in [3.8, 4) is 17.1 Å². The summed E-state index contributed by atoms with van der Waals surface area (Å²) in [5.74, 6) is 3.39. The summed E-state index contributed by atoms with van der Waals surface area (Å²) < 4.78 is 0. The largest absolute Gasteiger partial charge is 0.508 e. The molecule has 2 aliphatic rings. The van der Waals surface area contributed by atoms with Crippen molar-refractivity contribution in [2.45, 2.75) is 51.6 Å². The van der Waals surface area contributed by atoms with Crippen LogP contribution in [0.5, 0.6) is 5.75 Å². The van der Waals surface area contributed by atoms with Crippen molar-refractivity contribution < 1.29 is 5.11 Å². The van der Waals surface area contributed by atoms with Gasteiger partial charge in [-0.05, 0) is 63.5 Å². The molecular weight excluding hydrogens is 314 g/mol. The third kappa shape index (κ3) is 4.00. The molecule has 1 aromatic carbocycles. The third-order valence-corrected chi connectivity index (χ3v) is 5.11. The van der Waals surface area contributed by atoms with E-state index in [0.29, 0.717) is 41.6 Å². The summed E-state index contributed by atoms with van der Waals surface area (Å²) in [6, 6.07) is 7.73. The van der Waals surface area contributed by atoms with Crippen LogP contribution in [0.4, 0.5) is 11.9 Å². The molecule has 4 rings (SSSR count). The van der Waals surface area contributed by atoms with E-state index >= 15 is 0 Å². The molecule has 0 amide bonds. The molecule has 6 heteroatoms. The van der Waals surface area contributed by atoms with Gasteiger partial charge in [-0.25, -0.2) is 0 Å². The third-order valence-electron chi connectivity index (χ3n) is 5.11. The first kappa shape index (κ1) is 16.1. The molecule has 3 N–H and O–H groups in total. The molecule has 6 nitrogen and oxygen atoms in total. The van der Waals surface area contributed by atoms with E-state index in [1.807, 2.05) is 6.07 Å². The molecule has 2 saturated carbocycles. The quantitative estimate of drug-likeness (QED) is 0.714. The van der Waals surface area contributed by atoms with Crippen LogP contribution in [0, 0.1) is 11.8 Å². The Morgan fingerprint density at radius 1 is 0.920 bits per heavy atom. The highest BCUT2D eigenvalue weighted by Crippen LogP contribution is 2.35. The highest BCUT2D eigenvalue weighted by Gasteiger charge is 2.30. The molecular formula is C19H25N5O. The number of phenolic OH excluding ortho intramolecular Hbond substituents is 1. The van der Waals surface area contributed by atoms with Crippen molar-refractivity contribution in [3.63, 3.8) is 0 Å². The number of nitrogens with zero attached hydrogens (tertiary/aromatic N) is 3. The summed E-state index contributed by atoms with van der Waals surface area (Å²) in [5, 5.41) is 16.6. The topological polar surface area (TPSA) is 83.0 Å². The Bertz CT molecular complexity index is 719. The van der Waals surface area contributed by atoms with Gasteiger partial charge in [0.1, 0.15) is 5.75 Å². The summed E-state index contributed by atoms with van der Waals surface area (Å²) in [7, 11) is 0. The average molecular weight is 339 g/mol. The maximum absolute atomic E-state index is 9.76. The number of hydrogen-bond donors (Lipinski definition) is 3. The predicted molar refractivity (Wildman–Crippen MR) is 98.5 cm³/mol. The van der Waals surface area contributed by atoms with Gasteiger partial charge in [0.15, 0.2) is 5.82 Å². The minimum atomic E-state index is 0.208. The van der Waals surface area contributed by atoms with Gasteiger partial charge in [-0.3, -0.25) is 0 Å². The van der Waals surface area contributed by atoms with E-state index in [0.717, 1.165) is 5.56 Å². The molecule has 25 heavy (non-hydrogen) atoms.